The van der Waals surface area contributed by atoms with E-state index in [1.165, 1.54) is 22.1 Å². The molecule has 2 atom stereocenters. The smallest absolute Gasteiger partial charge is 0.261 e. The van der Waals surface area contributed by atoms with E-state index in [9.17, 15) is 4.79 Å². The summed E-state index contributed by atoms with van der Waals surface area (Å²) in [6.07, 6.45) is 1.66. The molecule has 0 fully saturated rings. The molecule has 0 aliphatic carbocycles. The first-order valence-electron chi connectivity index (χ1n) is 11.1. The van der Waals surface area contributed by atoms with Gasteiger partial charge in [0.15, 0.2) is 5.12 Å². The van der Waals surface area contributed by atoms with Gasteiger partial charge in [-0.2, -0.15) is 0 Å². The Morgan fingerprint density at radius 1 is 0.933 bits per heavy atom. The van der Waals surface area contributed by atoms with Crippen molar-refractivity contribution in [3.63, 3.8) is 0 Å². The largest absolute Gasteiger partial charge is 0.407 e. The Labute approximate surface area is 189 Å². The fourth-order valence-electron chi connectivity index (χ4n) is 4.37. The summed E-state index contributed by atoms with van der Waals surface area (Å²) in [6, 6.07) is 21.6. The second kappa shape index (κ2) is 11.3. The van der Waals surface area contributed by atoms with Gasteiger partial charge in [-0.3, -0.25) is 4.79 Å². The van der Waals surface area contributed by atoms with E-state index in [1.54, 1.807) is 0 Å². The average Bonchev–Trinajstić information content (AvgIpc) is 2.69. The molecule has 0 radical (unpaired) electrons. The molecule has 0 saturated heterocycles. The maximum absolute atomic E-state index is 12.0. The second-order valence-electron chi connectivity index (χ2n) is 9.43. The topological polar surface area (TPSA) is 26.3 Å². The molecule has 0 bridgehead atoms. The third-order valence-electron chi connectivity index (χ3n) is 5.63. The summed E-state index contributed by atoms with van der Waals surface area (Å²) < 4.78 is 7.03. The van der Waals surface area contributed by atoms with Gasteiger partial charge in [-0.25, -0.2) is 0 Å². The van der Waals surface area contributed by atoms with E-state index in [0.29, 0.717) is 30.0 Å². The van der Waals surface area contributed by atoms with Crippen molar-refractivity contribution in [2.45, 2.75) is 59.4 Å². The molecule has 0 saturated carbocycles. The van der Waals surface area contributed by atoms with E-state index >= 15 is 0 Å². The number of hydrogen-bond donors (Lipinski definition) is 0. The van der Waals surface area contributed by atoms with Crippen LogP contribution in [0.15, 0.2) is 60.7 Å². The minimum Gasteiger partial charge on any atom is -0.407 e. The van der Waals surface area contributed by atoms with Crippen LogP contribution in [0.1, 0.15) is 54.4 Å². The van der Waals surface area contributed by atoms with Gasteiger partial charge >= 0.3 is 0 Å². The molecule has 0 amide bonds. The first-order valence-corrected chi connectivity index (χ1v) is 14.0. The molecule has 0 unspecified atom stereocenters. The third kappa shape index (κ3) is 6.32. The maximum atomic E-state index is 12.0. The second-order valence-corrected chi connectivity index (χ2v) is 15.1. The van der Waals surface area contributed by atoms with Crippen molar-refractivity contribution >= 4 is 35.6 Å². The highest BCUT2D eigenvalue weighted by atomic mass is 32.2. The van der Waals surface area contributed by atoms with Gasteiger partial charge in [-0.1, -0.05) is 114 Å². The van der Waals surface area contributed by atoms with Crippen LogP contribution in [0.25, 0.3) is 0 Å². The Balaban J connectivity index is 2.25. The van der Waals surface area contributed by atoms with Crippen LogP contribution in [0.3, 0.4) is 0 Å². The Kier molecular flexibility index (Phi) is 9.39. The van der Waals surface area contributed by atoms with Gasteiger partial charge in [-0.05, 0) is 39.4 Å². The molecule has 0 aliphatic rings. The molecule has 0 aliphatic heterocycles. The van der Waals surface area contributed by atoms with E-state index in [4.69, 9.17) is 4.43 Å². The summed E-state index contributed by atoms with van der Waals surface area (Å²) in [5.41, 5.74) is 0. The van der Waals surface area contributed by atoms with E-state index in [-0.39, 0.29) is 5.04 Å². The standard InChI is InChI=1S/C26H38O2SSi/c1-7-29-25(27)19-21(2)18-22(3)20-28-30(26(4,5)6,23-14-10-8-11-15-23)24-16-12-9-13-17-24/h8-17,21-22H,7,18-20H2,1-6H3/t21-,22-/m0/s1. The summed E-state index contributed by atoms with van der Waals surface area (Å²) in [4.78, 5) is 12.0. The van der Waals surface area contributed by atoms with Crippen molar-refractivity contribution in [3.8, 4) is 0 Å². The number of hydrogen-bond acceptors (Lipinski definition) is 3. The molecule has 2 aromatic carbocycles. The van der Waals surface area contributed by atoms with Crippen molar-refractivity contribution in [1.29, 1.82) is 0 Å². The van der Waals surface area contributed by atoms with Crippen LogP contribution < -0.4 is 10.4 Å². The molecule has 0 aromatic heterocycles. The lowest BCUT2D eigenvalue weighted by Crippen LogP contribution is -2.66. The highest BCUT2D eigenvalue weighted by molar-refractivity contribution is 8.13. The van der Waals surface area contributed by atoms with Gasteiger partial charge in [0.2, 0.25) is 0 Å². The van der Waals surface area contributed by atoms with Crippen LogP contribution >= 0.6 is 11.8 Å². The monoisotopic (exact) mass is 442 g/mol. The summed E-state index contributed by atoms with van der Waals surface area (Å²) in [6.45, 7) is 14.1. The zero-order valence-electron chi connectivity index (χ0n) is 19.5. The highest BCUT2D eigenvalue weighted by Gasteiger charge is 2.50. The van der Waals surface area contributed by atoms with Crippen LogP contribution in [0.4, 0.5) is 0 Å². The lowest BCUT2D eigenvalue weighted by molar-refractivity contribution is -0.111. The Morgan fingerprint density at radius 3 is 1.87 bits per heavy atom. The van der Waals surface area contributed by atoms with Crippen molar-refractivity contribution in [3.05, 3.63) is 60.7 Å². The number of thioether (sulfide) groups is 1. The van der Waals surface area contributed by atoms with Gasteiger partial charge in [0, 0.05) is 13.0 Å². The van der Waals surface area contributed by atoms with Crippen molar-refractivity contribution in [1.82, 2.24) is 0 Å². The first kappa shape index (κ1) is 24.9. The fraction of sp³-hybridized carbons (Fsp3) is 0.500. The van der Waals surface area contributed by atoms with Crippen molar-refractivity contribution < 1.29 is 9.22 Å². The molecule has 0 heterocycles. The van der Waals surface area contributed by atoms with Gasteiger partial charge < -0.3 is 4.43 Å². The van der Waals surface area contributed by atoms with Gasteiger partial charge in [0.25, 0.3) is 8.32 Å². The predicted octanol–water partition coefficient (Wildman–Crippen LogP) is 5.90. The molecular formula is C26H38O2SSi. The third-order valence-corrected chi connectivity index (χ3v) is 11.4. The molecule has 4 heteroatoms. The van der Waals surface area contributed by atoms with Crippen molar-refractivity contribution in [2.75, 3.05) is 12.4 Å². The molecule has 0 spiro atoms. The van der Waals surface area contributed by atoms with Crippen LogP contribution in [0, 0.1) is 11.8 Å². The molecule has 0 N–H and O–H groups in total. The quantitative estimate of drug-likeness (QED) is 0.429. The summed E-state index contributed by atoms with van der Waals surface area (Å²) in [7, 11) is -2.48. The SMILES string of the molecule is CCSC(=O)C[C@@H](C)C[C@H](C)CO[Si](c1ccccc1)(c1ccccc1)C(C)(C)C. The zero-order chi connectivity index (χ0) is 22.2. The molecule has 164 valence electrons. The number of rotatable bonds is 10. The highest BCUT2D eigenvalue weighted by Crippen LogP contribution is 2.37. The van der Waals surface area contributed by atoms with Gasteiger partial charge in [-0.15, -0.1) is 0 Å². The van der Waals surface area contributed by atoms with Gasteiger partial charge in [0.1, 0.15) is 0 Å². The van der Waals surface area contributed by atoms with Gasteiger partial charge in [0.05, 0.1) is 0 Å². The molecule has 2 rings (SSSR count). The molecule has 30 heavy (non-hydrogen) atoms. The molecular weight excluding hydrogens is 404 g/mol. The number of benzene rings is 2. The Morgan fingerprint density at radius 2 is 1.43 bits per heavy atom. The normalized spacial score (nSPS) is 14.3. The summed E-state index contributed by atoms with van der Waals surface area (Å²) >= 11 is 1.44. The number of carbonyl (C=O) groups excluding carboxylic acids is 1. The lowest BCUT2D eigenvalue weighted by atomic mass is 9.96. The summed E-state index contributed by atoms with van der Waals surface area (Å²) in [5, 5.41) is 2.94. The summed E-state index contributed by atoms with van der Waals surface area (Å²) in [5.74, 6) is 1.65. The van der Waals surface area contributed by atoms with E-state index < -0.39 is 8.32 Å². The van der Waals surface area contributed by atoms with Crippen LogP contribution in [-0.2, 0) is 9.22 Å². The van der Waals surface area contributed by atoms with E-state index in [2.05, 4.69) is 95.3 Å². The van der Waals surface area contributed by atoms with Crippen LogP contribution in [0.5, 0.6) is 0 Å². The first-order chi connectivity index (χ1) is 14.2. The van der Waals surface area contributed by atoms with Crippen LogP contribution in [-0.4, -0.2) is 25.8 Å². The minimum absolute atomic E-state index is 0.00518. The van der Waals surface area contributed by atoms with E-state index in [0.717, 1.165) is 12.2 Å². The van der Waals surface area contributed by atoms with Crippen molar-refractivity contribution in [2.24, 2.45) is 11.8 Å². The van der Waals surface area contributed by atoms with Crippen LogP contribution in [0.2, 0.25) is 5.04 Å². The molecule has 2 aromatic rings. The minimum atomic E-state index is -2.48. The average molecular weight is 443 g/mol. The molecule has 2 nitrogen and oxygen atoms in total. The Hall–Kier alpha value is -1.36. The lowest BCUT2D eigenvalue weighted by Gasteiger charge is -2.43. The fourth-order valence-corrected chi connectivity index (χ4v) is 9.79. The number of carbonyl (C=O) groups is 1. The van der Waals surface area contributed by atoms with E-state index in [1.807, 2.05) is 6.92 Å². The zero-order valence-corrected chi connectivity index (χ0v) is 21.3. The predicted molar refractivity (Wildman–Crippen MR) is 134 cm³/mol. The Bertz CT molecular complexity index is 731. The maximum Gasteiger partial charge on any atom is 0.261 e.